The highest BCUT2D eigenvalue weighted by Crippen LogP contribution is 2.31. The van der Waals surface area contributed by atoms with Crippen LogP contribution in [0.5, 0.6) is 11.5 Å². The third-order valence-electron chi connectivity index (χ3n) is 6.06. The molecule has 3 aromatic carbocycles. The van der Waals surface area contributed by atoms with Gasteiger partial charge >= 0.3 is 12.1 Å². The number of anilines is 1. The van der Waals surface area contributed by atoms with Gasteiger partial charge in [-0.25, -0.2) is 9.59 Å². The van der Waals surface area contributed by atoms with Crippen molar-refractivity contribution in [3.05, 3.63) is 87.9 Å². The van der Waals surface area contributed by atoms with Gasteiger partial charge in [0.25, 0.3) is 0 Å². The highest BCUT2D eigenvalue weighted by atomic mass is 35.5. The molecule has 3 aromatic rings. The molecule has 2 atom stereocenters. The summed E-state index contributed by atoms with van der Waals surface area (Å²) in [6.45, 7) is 0.411. The van der Waals surface area contributed by atoms with Crippen LogP contribution in [0.15, 0.2) is 60.7 Å². The standard InChI is InChI=1S/C27H27ClN2O6/c1-35-27(34)30-22-11-19(26(32)33)13-24(14-22)36-23-8-6-16-5-7-21(10-18(16)12-23)29-15-25(31)17-3-2-4-20(28)9-17/h2-4,6,8-9,11-14,21,25,29,31H,5,7,10,15H2,1H3,(H,30,34)(H,32,33)/t21-,25+/m0/s1. The van der Waals surface area contributed by atoms with E-state index in [1.165, 1.54) is 30.9 Å². The molecule has 4 N–H and O–H groups in total. The smallest absolute Gasteiger partial charge is 0.411 e. The van der Waals surface area contributed by atoms with Gasteiger partial charge in [-0.1, -0.05) is 29.8 Å². The third-order valence-corrected chi connectivity index (χ3v) is 6.30. The largest absolute Gasteiger partial charge is 0.478 e. The molecule has 9 heteroatoms. The fourth-order valence-electron chi connectivity index (χ4n) is 4.24. The maximum atomic E-state index is 11.6. The molecule has 1 aliphatic rings. The van der Waals surface area contributed by atoms with E-state index in [2.05, 4.69) is 15.4 Å². The molecule has 0 unspecified atom stereocenters. The van der Waals surface area contributed by atoms with E-state index in [9.17, 15) is 19.8 Å². The van der Waals surface area contributed by atoms with Crippen molar-refractivity contribution in [1.82, 2.24) is 5.32 Å². The topological polar surface area (TPSA) is 117 Å². The Morgan fingerprint density at radius 2 is 1.92 bits per heavy atom. The van der Waals surface area contributed by atoms with Crippen LogP contribution < -0.4 is 15.4 Å². The molecule has 1 aliphatic carbocycles. The van der Waals surface area contributed by atoms with E-state index in [4.69, 9.17) is 16.3 Å². The van der Waals surface area contributed by atoms with E-state index in [-0.39, 0.29) is 23.0 Å². The van der Waals surface area contributed by atoms with Gasteiger partial charge < -0.3 is 25.0 Å². The van der Waals surface area contributed by atoms with Crippen LogP contribution in [0, 0.1) is 0 Å². The minimum Gasteiger partial charge on any atom is -0.478 e. The molecule has 0 saturated heterocycles. The van der Waals surface area contributed by atoms with Crippen molar-refractivity contribution in [3.8, 4) is 11.5 Å². The van der Waals surface area contributed by atoms with Gasteiger partial charge in [-0.05, 0) is 72.4 Å². The number of aliphatic hydroxyl groups excluding tert-OH is 1. The maximum Gasteiger partial charge on any atom is 0.411 e. The van der Waals surface area contributed by atoms with Crippen molar-refractivity contribution in [1.29, 1.82) is 0 Å². The second-order valence-corrected chi connectivity index (χ2v) is 9.06. The quantitative estimate of drug-likeness (QED) is 0.329. The number of nitrogens with one attached hydrogen (secondary N) is 2. The molecule has 36 heavy (non-hydrogen) atoms. The predicted octanol–water partition coefficient (Wildman–Crippen LogP) is 5.19. The van der Waals surface area contributed by atoms with Gasteiger partial charge in [0.05, 0.1) is 18.8 Å². The number of carbonyl (C=O) groups excluding carboxylic acids is 1. The number of rotatable bonds is 8. The van der Waals surface area contributed by atoms with E-state index in [0.29, 0.717) is 17.3 Å². The van der Waals surface area contributed by atoms with Crippen molar-refractivity contribution in [2.45, 2.75) is 31.4 Å². The third kappa shape index (κ3) is 6.54. The lowest BCUT2D eigenvalue weighted by Gasteiger charge is -2.27. The number of hydrogen-bond acceptors (Lipinski definition) is 6. The second kappa shape index (κ2) is 11.4. The van der Waals surface area contributed by atoms with Gasteiger partial charge in [-0.15, -0.1) is 0 Å². The number of halogens is 1. The molecular weight excluding hydrogens is 484 g/mol. The lowest BCUT2D eigenvalue weighted by molar-refractivity contribution is 0.0696. The minimum atomic E-state index is -1.15. The monoisotopic (exact) mass is 510 g/mol. The van der Waals surface area contributed by atoms with Gasteiger partial charge in [-0.3, -0.25) is 5.32 Å². The summed E-state index contributed by atoms with van der Waals surface area (Å²) in [5.41, 5.74) is 3.34. The Balaban J connectivity index is 1.44. The summed E-state index contributed by atoms with van der Waals surface area (Å²) in [5.74, 6) is -0.316. The zero-order valence-corrected chi connectivity index (χ0v) is 20.4. The van der Waals surface area contributed by atoms with Crippen LogP contribution >= 0.6 is 11.6 Å². The average molecular weight is 511 g/mol. The lowest BCUT2D eigenvalue weighted by Crippen LogP contribution is -2.37. The van der Waals surface area contributed by atoms with Crippen molar-refractivity contribution < 1.29 is 29.3 Å². The molecule has 8 nitrogen and oxygen atoms in total. The number of benzene rings is 3. The molecule has 188 valence electrons. The maximum absolute atomic E-state index is 11.6. The first-order valence-electron chi connectivity index (χ1n) is 11.5. The number of aromatic carboxylic acids is 1. The van der Waals surface area contributed by atoms with Crippen LogP contribution in [0.2, 0.25) is 5.02 Å². The molecule has 0 saturated carbocycles. The van der Waals surface area contributed by atoms with Gasteiger partial charge in [0.2, 0.25) is 0 Å². The molecular formula is C27H27ClN2O6. The molecule has 0 aliphatic heterocycles. The number of aliphatic hydroxyl groups is 1. The van der Waals surface area contributed by atoms with Gasteiger partial charge in [0, 0.05) is 29.4 Å². The number of aryl methyl sites for hydroxylation is 1. The number of carboxylic acids is 1. The zero-order valence-electron chi connectivity index (χ0n) is 19.7. The Labute approximate surface area is 213 Å². The molecule has 0 spiro atoms. The van der Waals surface area contributed by atoms with Gasteiger partial charge in [-0.2, -0.15) is 0 Å². The summed E-state index contributed by atoms with van der Waals surface area (Å²) in [6, 6.07) is 17.4. The summed E-state index contributed by atoms with van der Waals surface area (Å²) < 4.78 is 10.5. The Hall–Kier alpha value is -3.59. The summed E-state index contributed by atoms with van der Waals surface area (Å²) in [6.07, 6.45) is 1.23. The molecule has 4 rings (SSSR count). The Bertz CT molecular complexity index is 1260. The molecule has 1 amide bonds. The Morgan fingerprint density at radius 1 is 1.08 bits per heavy atom. The van der Waals surface area contributed by atoms with E-state index in [1.807, 2.05) is 30.3 Å². The molecule has 0 aromatic heterocycles. The normalized spacial score (nSPS) is 15.5. The van der Waals surface area contributed by atoms with Crippen LogP contribution in [0.3, 0.4) is 0 Å². The summed E-state index contributed by atoms with van der Waals surface area (Å²) in [5, 5.41) is 26.4. The number of carboxylic acid groups (broad SMARTS) is 1. The first kappa shape index (κ1) is 25.5. The Kier molecular flexibility index (Phi) is 8.10. The summed E-state index contributed by atoms with van der Waals surface area (Å²) >= 11 is 6.03. The van der Waals surface area contributed by atoms with Gasteiger partial charge in [0.15, 0.2) is 0 Å². The minimum absolute atomic E-state index is 0.0283. The second-order valence-electron chi connectivity index (χ2n) is 8.62. The number of carbonyl (C=O) groups is 2. The molecule has 0 fully saturated rings. The van der Waals surface area contributed by atoms with Crippen molar-refractivity contribution in [2.24, 2.45) is 0 Å². The molecule has 0 heterocycles. The van der Waals surface area contributed by atoms with Crippen molar-refractivity contribution in [3.63, 3.8) is 0 Å². The first-order chi connectivity index (χ1) is 17.3. The number of fused-ring (bicyclic) bond motifs is 1. The first-order valence-corrected chi connectivity index (χ1v) is 11.9. The number of methoxy groups -OCH3 is 1. The fourth-order valence-corrected chi connectivity index (χ4v) is 4.44. The highest BCUT2D eigenvalue weighted by Gasteiger charge is 2.20. The van der Waals surface area contributed by atoms with Crippen LogP contribution in [0.4, 0.5) is 10.5 Å². The van der Waals surface area contributed by atoms with Crippen LogP contribution in [-0.4, -0.2) is 42.0 Å². The highest BCUT2D eigenvalue weighted by molar-refractivity contribution is 6.30. The van der Waals surface area contributed by atoms with E-state index >= 15 is 0 Å². The Morgan fingerprint density at radius 3 is 2.67 bits per heavy atom. The zero-order chi connectivity index (χ0) is 25.7. The van der Waals surface area contributed by atoms with Crippen LogP contribution in [-0.2, 0) is 17.6 Å². The summed E-state index contributed by atoms with van der Waals surface area (Å²) in [4.78, 5) is 23.1. The molecule has 0 radical (unpaired) electrons. The van der Waals surface area contributed by atoms with E-state index in [0.717, 1.165) is 30.4 Å². The lowest BCUT2D eigenvalue weighted by atomic mass is 9.88. The fraction of sp³-hybridized carbons (Fsp3) is 0.259. The number of amides is 1. The number of ether oxygens (including phenoxy) is 2. The number of hydrogen-bond donors (Lipinski definition) is 4. The predicted molar refractivity (Wildman–Crippen MR) is 136 cm³/mol. The van der Waals surface area contributed by atoms with Crippen molar-refractivity contribution >= 4 is 29.4 Å². The van der Waals surface area contributed by atoms with E-state index < -0.39 is 18.2 Å². The van der Waals surface area contributed by atoms with E-state index in [1.54, 1.807) is 12.1 Å². The van der Waals surface area contributed by atoms with Crippen molar-refractivity contribution in [2.75, 3.05) is 19.0 Å². The molecule has 0 bridgehead atoms. The summed E-state index contributed by atoms with van der Waals surface area (Å²) in [7, 11) is 1.22. The van der Waals surface area contributed by atoms with Gasteiger partial charge in [0.1, 0.15) is 11.5 Å². The average Bonchev–Trinajstić information content (AvgIpc) is 2.86. The van der Waals surface area contributed by atoms with Crippen LogP contribution in [0.25, 0.3) is 0 Å². The van der Waals surface area contributed by atoms with Crippen LogP contribution in [0.1, 0.15) is 39.6 Å². The SMILES string of the molecule is COC(=O)Nc1cc(Oc2ccc3c(c2)C[C@@H](NC[C@@H](O)c2cccc(Cl)c2)CC3)cc(C(=O)O)c1.